The Labute approximate surface area is 82.3 Å². The van der Waals surface area contributed by atoms with E-state index in [9.17, 15) is 5.11 Å². The van der Waals surface area contributed by atoms with Gasteiger partial charge in [0.15, 0.2) is 0 Å². The molecule has 3 rings (SSSR count). The van der Waals surface area contributed by atoms with E-state index in [2.05, 4.69) is 10.5 Å². The first-order valence-electron chi connectivity index (χ1n) is 5.14. The molecule has 14 heavy (non-hydrogen) atoms. The van der Waals surface area contributed by atoms with Crippen molar-refractivity contribution in [3.8, 4) is 0 Å². The summed E-state index contributed by atoms with van der Waals surface area (Å²) >= 11 is 0. The van der Waals surface area contributed by atoms with E-state index < -0.39 is 5.60 Å². The van der Waals surface area contributed by atoms with Crippen molar-refractivity contribution in [1.29, 1.82) is 0 Å². The summed E-state index contributed by atoms with van der Waals surface area (Å²) in [6, 6.07) is 0.933. The summed E-state index contributed by atoms with van der Waals surface area (Å²) in [5.74, 6) is 0. The Morgan fingerprint density at radius 1 is 1.43 bits per heavy atom. The average Bonchev–Trinajstić information content (AvgIpc) is 2.75. The number of nitrogens with zero attached hydrogens (tertiary/aromatic N) is 1. The van der Waals surface area contributed by atoms with Crippen LogP contribution in [-0.2, 0) is 5.60 Å². The lowest BCUT2D eigenvalue weighted by atomic mass is 9.83. The highest BCUT2D eigenvalue weighted by atomic mass is 16.5. The molecule has 0 radical (unpaired) electrons. The second-order valence-electron chi connectivity index (χ2n) is 4.49. The van der Waals surface area contributed by atoms with Gasteiger partial charge in [0.05, 0.1) is 11.8 Å². The molecule has 1 aromatic heterocycles. The molecule has 2 bridgehead atoms. The molecule has 4 nitrogen and oxygen atoms in total. The van der Waals surface area contributed by atoms with Crippen molar-refractivity contribution in [2.75, 3.05) is 0 Å². The molecule has 0 amide bonds. The number of aromatic nitrogens is 1. The van der Waals surface area contributed by atoms with Crippen LogP contribution in [0, 0.1) is 0 Å². The second-order valence-corrected chi connectivity index (χ2v) is 4.49. The minimum atomic E-state index is -0.711. The lowest BCUT2D eigenvalue weighted by molar-refractivity contribution is -0.0119. The SMILES string of the molecule is OC1(c2cnoc2)CC2CCC(C1)N2. The van der Waals surface area contributed by atoms with Gasteiger partial charge in [-0.1, -0.05) is 5.16 Å². The first-order valence-corrected chi connectivity index (χ1v) is 5.14. The summed E-state index contributed by atoms with van der Waals surface area (Å²) in [6.45, 7) is 0. The van der Waals surface area contributed by atoms with Crippen LogP contribution in [0.4, 0.5) is 0 Å². The Hall–Kier alpha value is -0.870. The molecular formula is C10H14N2O2. The maximum Gasteiger partial charge on any atom is 0.129 e. The second kappa shape index (κ2) is 2.81. The van der Waals surface area contributed by atoms with Gasteiger partial charge >= 0.3 is 0 Å². The third-order valence-electron chi connectivity index (χ3n) is 3.47. The molecule has 2 saturated heterocycles. The quantitative estimate of drug-likeness (QED) is 0.693. The van der Waals surface area contributed by atoms with E-state index in [0.717, 1.165) is 18.4 Å². The van der Waals surface area contributed by atoms with E-state index in [-0.39, 0.29) is 0 Å². The van der Waals surface area contributed by atoms with Crippen molar-refractivity contribution in [3.63, 3.8) is 0 Å². The highest BCUT2D eigenvalue weighted by molar-refractivity contribution is 5.17. The van der Waals surface area contributed by atoms with Gasteiger partial charge in [0, 0.05) is 17.6 Å². The predicted octanol–water partition coefficient (Wildman–Crippen LogP) is 0.777. The van der Waals surface area contributed by atoms with Gasteiger partial charge in [-0.3, -0.25) is 0 Å². The molecule has 0 aromatic carbocycles. The Morgan fingerprint density at radius 2 is 2.14 bits per heavy atom. The molecular weight excluding hydrogens is 180 g/mol. The smallest absolute Gasteiger partial charge is 0.129 e. The van der Waals surface area contributed by atoms with E-state index in [1.54, 1.807) is 12.5 Å². The summed E-state index contributed by atoms with van der Waals surface area (Å²) < 4.78 is 4.79. The van der Waals surface area contributed by atoms with E-state index in [1.807, 2.05) is 0 Å². The van der Waals surface area contributed by atoms with Crippen LogP contribution in [0.15, 0.2) is 17.0 Å². The Balaban J connectivity index is 1.90. The van der Waals surface area contributed by atoms with Crippen LogP contribution in [0.25, 0.3) is 0 Å². The first kappa shape index (κ1) is 8.44. The van der Waals surface area contributed by atoms with E-state index >= 15 is 0 Å². The van der Waals surface area contributed by atoms with E-state index in [4.69, 9.17) is 4.52 Å². The molecule has 2 unspecified atom stereocenters. The molecule has 1 aromatic rings. The van der Waals surface area contributed by atoms with Gasteiger partial charge in [-0.2, -0.15) is 0 Å². The van der Waals surface area contributed by atoms with Crippen molar-refractivity contribution >= 4 is 0 Å². The van der Waals surface area contributed by atoms with Crippen LogP contribution in [-0.4, -0.2) is 22.3 Å². The molecule has 2 N–H and O–H groups in total. The fourth-order valence-electron chi connectivity index (χ4n) is 2.79. The summed E-state index contributed by atoms with van der Waals surface area (Å²) in [5, 5.41) is 17.6. The number of fused-ring (bicyclic) bond motifs is 2. The van der Waals surface area contributed by atoms with Crippen LogP contribution in [0.3, 0.4) is 0 Å². The lowest BCUT2D eigenvalue weighted by Gasteiger charge is -2.36. The average molecular weight is 194 g/mol. The van der Waals surface area contributed by atoms with Gasteiger partial charge < -0.3 is 14.9 Å². The van der Waals surface area contributed by atoms with Crippen molar-refractivity contribution in [3.05, 3.63) is 18.0 Å². The number of piperidine rings is 1. The van der Waals surface area contributed by atoms with Gasteiger partial charge in [-0.15, -0.1) is 0 Å². The largest absolute Gasteiger partial charge is 0.385 e. The maximum atomic E-state index is 10.5. The molecule has 2 atom stereocenters. The fraction of sp³-hybridized carbons (Fsp3) is 0.700. The summed E-state index contributed by atoms with van der Waals surface area (Å²) in [4.78, 5) is 0. The third-order valence-corrected chi connectivity index (χ3v) is 3.47. The number of aliphatic hydroxyl groups is 1. The topological polar surface area (TPSA) is 58.3 Å². The van der Waals surface area contributed by atoms with Crippen molar-refractivity contribution in [2.24, 2.45) is 0 Å². The number of rotatable bonds is 1. The normalized spacial score (nSPS) is 41.5. The van der Waals surface area contributed by atoms with Crippen molar-refractivity contribution < 1.29 is 9.63 Å². The van der Waals surface area contributed by atoms with Crippen molar-refractivity contribution in [1.82, 2.24) is 10.5 Å². The fourth-order valence-corrected chi connectivity index (χ4v) is 2.79. The maximum absolute atomic E-state index is 10.5. The molecule has 0 saturated carbocycles. The van der Waals surface area contributed by atoms with Gasteiger partial charge in [-0.25, -0.2) is 0 Å². The van der Waals surface area contributed by atoms with Gasteiger partial charge in [-0.05, 0) is 25.7 Å². The number of hydrogen-bond donors (Lipinski definition) is 2. The van der Waals surface area contributed by atoms with Gasteiger partial charge in [0.1, 0.15) is 6.26 Å². The monoisotopic (exact) mass is 194 g/mol. The van der Waals surface area contributed by atoms with Gasteiger partial charge in [0.2, 0.25) is 0 Å². The third kappa shape index (κ3) is 1.18. The van der Waals surface area contributed by atoms with Crippen LogP contribution < -0.4 is 5.32 Å². The summed E-state index contributed by atoms with van der Waals surface area (Å²) in [6.07, 6.45) is 7.11. The van der Waals surface area contributed by atoms with Gasteiger partial charge in [0.25, 0.3) is 0 Å². The highest BCUT2D eigenvalue weighted by Gasteiger charge is 2.44. The minimum Gasteiger partial charge on any atom is -0.385 e. The molecule has 76 valence electrons. The predicted molar refractivity (Wildman–Crippen MR) is 49.6 cm³/mol. The van der Waals surface area contributed by atoms with Crippen LogP contribution in [0.5, 0.6) is 0 Å². The van der Waals surface area contributed by atoms with Crippen LogP contribution in [0.1, 0.15) is 31.2 Å². The zero-order chi connectivity index (χ0) is 9.60. The van der Waals surface area contributed by atoms with Crippen molar-refractivity contribution in [2.45, 2.75) is 43.4 Å². The Morgan fingerprint density at radius 3 is 2.71 bits per heavy atom. The van der Waals surface area contributed by atoms with Crippen LogP contribution in [0.2, 0.25) is 0 Å². The molecule has 2 aliphatic heterocycles. The first-order chi connectivity index (χ1) is 6.76. The lowest BCUT2D eigenvalue weighted by Crippen LogP contribution is -2.46. The zero-order valence-electron chi connectivity index (χ0n) is 7.94. The van der Waals surface area contributed by atoms with E-state index in [1.165, 1.54) is 12.8 Å². The molecule has 2 fully saturated rings. The van der Waals surface area contributed by atoms with Crippen LogP contribution >= 0.6 is 0 Å². The molecule has 0 spiro atoms. The minimum absolute atomic E-state index is 0.466. The standard InChI is InChI=1S/C10H14N2O2/c13-10(7-5-11-14-6-7)3-8-1-2-9(4-10)12-8/h5-6,8-9,12-13H,1-4H2. The molecule has 3 heterocycles. The summed E-state index contributed by atoms with van der Waals surface area (Å²) in [7, 11) is 0. The Kier molecular flexibility index (Phi) is 1.69. The molecule has 2 aliphatic rings. The number of nitrogens with one attached hydrogen (secondary N) is 1. The highest BCUT2D eigenvalue weighted by Crippen LogP contribution is 2.40. The molecule has 0 aliphatic carbocycles. The number of hydrogen-bond acceptors (Lipinski definition) is 4. The summed E-state index contributed by atoms with van der Waals surface area (Å²) in [5.41, 5.74) is 0.118. The van der Waals surface area contributed by atoms with E-state index in [0.29, 0.717) is 12.1 Å². The zero-order valence-corrected chi connectivity index (χ0v) is 7.94. The molecule has 4 heteroatoms. The Bertz CT molecular complexity index is 311.